The van der Waals surface area contributed by atoms with Crippen molar-refractivity contribution in [1.29, 1.82) is 0 Å². The van der Waals surface area contributed by atoms with Crippen molar-refractivity contribution in [2.75, 3.05) is 47.5 Å². The number of carbonyl (C=O) groups is 3. The lowest BCUT2D eigenvalue weighted by Crippen LogP contribution is -2.44. The highest BCUT2D eigenvalue weighted by Gasteiger charge is 2.22. The van der Waals surface area contributed by atoms with Gasteiger partial charge in [-0.3, -0.25) is 9.59 Å². The minimum Gasteiger partial charge on any atom is -0.545 e. The molecule has 0 aromatic rings. The van der Waals surface area contributed by atoms with E-state index >= 15 is 0 Å². The number of hydrogen-bond acceptors (Lipinski definition) is 8. The van der Waals surface area contributed by atoms with Crippen LogP contribution in [0.5, 0.6) is 0 Å². The fraction of sp³-hybridized carbons (Fsp3) is 0.694. The van der Waals surface area contributed by atoms with Crippen LogP contribution in [-0.2, 0) is 33.3 Å². The van der Waals surface area contributed by atoms with Crippen LogP contribution in [0.25, 0.3) is 0 Å². The van der Waals surface area contributed by atoms with Crippen LogP contribution in [-0.4, -0.2) is 82.3 Å². The van der Waals surface area contributed by atoms with Gasteiger partial charge in [-0.15, -0.1) is 0 Å². The molecule has 0 aliphatic rings. The molecule has 0 spiro atoms. The Labute approximate surface area is 435 Å². The van der Waals surface area contributed by atoms with Gasteiger partial charge in [0.05, 0.1) is 40.3 Å². The molecular formula is C62H105NO8. The summed E-state index contributed by atoms with van der Waals surface area (Å²) in [6.07, 6.45) is 67.3. The standard InChI is InChI=1S/C62H105NO8/c1-6-8-10-12-14-16-18-20-22-24-26-28-29-30-31-33-35-37-39-41-43-45-47-49-51-53-60(65)71-58(57-70-62(61(66)67)68-55-54-63(3,4)5)56-69-59(64)52-50-48-46-44-42-40-38-36-34-32-27-25-23-21-19-17-15-13-11-9-7-2/h8-11,14-17,20-23,26-28,32,58,62H,6-7,12-13,18-19,24-25,29-31,33-57H2,1-5H3/b10-8-,11-9-,16-14-,17-15-,22-20-,23-21-,28-26-,32-27-. The topological polar surface area (TPSA) is 111 Å². The van der Waals surface area contributed by atoms with Gasteiger partial charge in [0.25, 0.3) is 0 Å². The first-order chi connectivity index (χ1) is 34.6. The average molecular weight is 993 g/mol. The lowest BCUT2D eigenvalue weighted by molar-refractivity contribution is -0.870. The van der Waals surface area contributed by atoms with Gasteiger partial charge >= 0.3 is 11.9 Å². The molecule has 0 aromatic heterocycles. The Balaban J connectivity index is 4.29. The highest BCUT2D eigenvalue weighted by molar-refractivity contribution is 5.70. The van der Waals surface area contributed by atoms with Crippen molar-refractivity contribution in [3.63, 3.8) is 0 Å². The Hall–Kier alpha value is -3.79. The monoisotopic (exact) mass is 992 g/mol. The predicted molar refractivity (Wildman–Crippen MR) is 297 cm³/mol. The molecule has 2 unspecified atom stereocenters. The Morgan fingerprint density at radius 2 is 0.761 bits per heavy atom. The number of ether oxygens (including phenoxy) is 4. The van der Waals surface area contributed by atoms with Crippen LogP contribution in [0.15, 0.2) is 97.2 Å². The van der Waals surface area contributed by atoms with Crippen LogP contribution in [0.2, 0.25) is 0 Å². The molecule has 0 bridgehead atoms. The van der Waals surface area contributed by atoms with Gasteiger partial charge in [-0.25, -0.2) is 0 Å². The fourth-order valence-corrected chi connectivity index (χ4v) is 7.52. The number of aliphatic carboxylic acids is 1. The first-order valence-electron chi connectivity index (χ1n) is 28.4. The number of likely N-dealkylation sites (N-methyl/N-ethyl adjacent to an activating group) is 1. The molecule has 0 saturated carbocycles. The van der Waals surface area contributed by atoms with Gasteiger partial charge in [0.2, 0.25) is 0 Å². The third-order valence-corrected chi connectivity index (χ3v) is 11.8. The van der Waals surface area contributed by atoms with E-state index in [2.05, 4.69) is 111 Å². The van der Waals surface area contributed by atoms with E-state index in [0.29, 0.717) is 17.4 Å². The smallest absolute Gasteiger partial charge is 0.306 e. The first kappa shape index (κ1) is 67.2. The average Bonchev–Trinajstić information content (AvgIpc) is 3.34. The lowest BCUT2D eigenvalue weighted by atomic mass is 10.0. The van der Waals surface area contributed by atoms with Crippen LogP contribution in [0, 0.1) is 0 Å². The summed E-state index contributed by atoms with van der Waals surface area (Å²) in [5.41, 5.74) is 0. The molecule has 0 radical (unpaired) electrons. The molecule has 0 N–H and O–H groups in total. The molecule has 71 heavy (non-hydrogen) atoms. The van der Waals surface area contributed by atoms with Gasteiger partial charge in [-0.05, 0) is 89.9 Å². The summed E-state index contributed by atoms with van der Waals surface area (Å²) in [6, 6.07) is 0. The zero-order chi connectivity index (χ0) is 52.0. The molecule has 0 rings (SSSR count). The summed E-state index contributed by atoms with van der Waals surface area (Å²) in [7, 11) is 5.91. The summed E-state index contributed by atoms with van der Waals surface area (Å²) >= 11 is 0. The van der Waals surface area contributed by atoms with Crippen LogP contribution >= 0.6 is 0 Å². The lowest BCUT2D eigenvalue weighted by Gasteiger charge is -2.26. The van der Waals surface area contributed by atoms with Gasteiger partial charge in [0.1, 0.15) is 13.2 Å². The van der Waals surface area contributed by atoms with Crippen molar-refractivity contribution in [2.45, 2.75) is 232 Å². The Morgan fingerprint density at radius 1 is 0.423 bits per heavy atom. The number of carboxylic acids is 1. The van der Waals surface area contributed by atoms with Gasteiger partial charge in [-0.2, -0.15) is 0 Å². The van der Waals surface area contributed by atoms with E-state index in [1.165, 1.54) is 83.5 Å². The highest BCUT2D eigenvalue weighted by atomic mass is 16.7. The molecule has 0 fully saturated rings. The minimum absolute atomic E-state index is 0.141. The second-order valence-electron chi connectivity index (χ2n) is 19.8. The van der Waals surface area contributed by atoms with Crippen molar-refractivity contribution < 1.29 is 42.9 Å². The summed E-state index contributed by atoms with van der Waals surface area (Å²) in [4.78, 5) is 37.3. The summed E-state index contributed by atoms with van der Waals surface area (Å²) in [6.45, 7) is 4.51. The number of nitrogens with zero attached hydrogens (tertiary/aromatic N) is 1. The number of quaternary nitrogens is 1. The van der Waals surface area contributed by atoms with Crippen molar-refractivity contribution in [3.8, 4) is 0 Å². The number of esters is 2. The maximum Gasteiger partial charge on any atom is 0.306 e. The van der Waals surface area contributed by atoms with E-state index in [4.69, 9.17) is 18.9 Å². The number of hydrogen-bond donors (Lipinski definition) is 0. The van der Waals surface area contributed by atoms with Gasteiger partial charge in [-0.1, -0.05) is 214 Å². The minimum atomic E-state index is -1.63. The normalized spacial score (nSPS) is 13.5. The third kappa shape index (κ3) is 53.8. The van der Waals surface area contributed by atoms with Crippen LogP contribution < -0.4 is 5.11 Å². The van der Waals surface area contributed by atoms with E-state index in [0.717, 1.165) is 103 Å². The molecule has 0 aliphatic carbocycles. The van der Waals surface area contributed by atoms with Crippen molar-refractivity contribution in [2.24, 2.45) is 0 Å². The van der Waals surface area contributed by atoms with E-state index in [-0.39, 0.29) is 38.6 Å². The molecule has 0 saturated heterocycles. The van der Waals surface area contributed by atoms with Crippen LogP contribution in [0.3, 0.4) is 0 Å². The van der Waals surface area contributed by atoms with Gasteiger partial charge < -0.3 is 33.3 Å². The Kier molecular flexibility index (Phi) is 49.7. The van der Waals surface area contributed by atoms with Crippen molar-refractivity contribution >= 4 is 17.9 Å². The van der Waals surface area contributed by atoms with E-state index in [1.807, 2.05) is 21.1 Å². The number of carboxylic acid groups (broad SMARTS) is 1. The van der Waals surface area contributed by atoms with E-state index < -0.39 is 24.3 Å². The molecule has 9 nitrogen and oxygen atoms in total. The molecular weight excluding hydrogens is 887 g/mol. The number of unbranched alkanes of at least 4 members (excludes halogenated alkanes) is 20. The quantitative estimate of drug-likeness (QED) is 0.0195. The van der Waals surface area contributed by atoms with Gasteiger partial charge in [0, 0.05) is 12.8 Å². The van der Waals surface area contributed by atoms with E-state index in [1.54, 1.807) is 0 Å². The van der Waals surface area contributed by atoms with Crippen molar-refractivity contribution in [1.82, 2.24) is 0 Å². The SMILES string of the molecule is CC/C=C\C/C=C\C/C=C\C/C=C\CCCCCCCCCCCCCCC(=O)OC(COC(=O)CCCCCCCCCC/C=C\C/C=C\C/C=C\C/C=C\CC)COC(OCC[N+](C)(C)C)C(=O)[O-]. The third-order valence-electron chi connectivity index (χ3n) is 11.8. The second-order valence-corrected chi connectivity index (χ2v) is 19.8. The Morgan fingerprint density at radius 3 is 1.13 bits per heavy atom. The summed E-state index contributed by atoms with van der Waals surface area (Å²) in [5.74, 6) is -2.30. The molecule has 0 aromatic carbocycles. The first-order valence-corrected chi connectivity index (χ1v) is 28.4. The zero-order valence-electron chi connectivity index (χ0n) is 46.1. The molecule has 9 heteroatoms. The molecule has 0 aliphatic heterocycles. The molecule has 0 amide bonds. The van der Waals surface area contributed by atoms with E-state index in [9.17, 15) is 19.5 Å². The molecule has 406 valence electrons. The number of allylic oxidation sites excluding steroid dienone is 16. The predicted octanol–water partition coefficient (Wildman–Crippen LogP) is 15.2. The molecule has 0 heterocycles. The van der Waals surface area contributed by atoms with Crippen LogP contribution in [0.1, 0.15) is 219 Å². The largest absolute Gasteiger partial charge is 0.545 e. The summed E-state index contributed by atoms with van der Waals surface area (Å²) in [5, 5.41) is 11.8. The van der Waals surface area contributed by atoms with Crippen LogP contribution in [0.4, 0.5) is 0 Å². The summed E-state index contributed by atoms with van der Waals surface area (Å²) < 4.78 is 22.7. The Bertz CT molecular complexity index is 1480. The van der Waals surface area contributed by atoms with Crippen molar-refractivity contribution in [3.05, 3.63) is 97.2 Å². The number of carbonyl (C=O) groups excluding carboxylic acids is 3. The fourth-order valence-electron chi connectivity index (χ4n) is 7.52. The maximum atomic E-state index is 12.9. The van der Waals surface area contributed by atoms with Gasteiger partial charge in [0.15, 0.2) is 12.4 Å². The molecule has 2 atom stereocenters. The number of rotatable bonds is 51. The maximum absolute atomic E-state index is 12.9. The highest BCUT2D eigenvalue weighted by Crippen LogP contribution is 2.15. The zero-order valence-corrected chi connectivity index (χ0v) is 46.1. The second kappa shape index (κ2) is 52.5.